The lowest BCUT2D eigenvalue weighted by molar-refractivity contribution is -0.121. The highest BCUT2D eigenvalue weighted by molar-refractivity contribution is 5.89. The molecule has 0 aliphatic carbocycles. The number of hydrogen-bond donors (Lipinski definition) is 2. The van der Waals surface area contributed by atoms with Crippen LogP contribution in [0.5, 0.6) is 0 Å². The van der Waals surface area contributed by atoms with Gasteiger partial charge in [-0.1, -0.05) is 12.1 Å². The van der Waals surface area contributed by atoms with Gasteiger partial charge in [-0.15, -0.1) is 0 Å². The molecule has 2 N–H and O–H groups in total. The van der Waals surface area contributed by atoms with Gasteiger partial charge in [0.1, 0.15) is 0 Å². The van der Waals surface area contributed by atoms with Gasteiger partial charge in [-0.05, 0) is 30.5 Å². The SMILES string of the molecule is CCNC(=O)CCN1CCc2c(cccc2C(=O)O)C1. The van der Waals surface area contributed by atoms with Gasteiger partial charge in [0.25, 0.3) is 0 Å². The summed E-state index contributed by atoms with van der Waals surface area (Å²) in [5, 5.41) is 12.0. The zero-order valence-corrected chi connectivity index (χ0v) is 11.7. The summed E-state index contributed by atoms with van der Waals surface area (Å²) in [5.41, 5.74) is 2.41. The number of carbonyl (C=O) groups is 2. The van der Waals surface area contributed by atoms with Crippen LogP contribution in [0.2, 0.25) is 0 Å². The van der Waals surface area contributed by atoms with Gasteiger partial charge in [-0.3, -0.25) is 9.69 Å². The van der Waals surface area contributed by atoms with Gasteiger partial charge in [0.15, 0.2) is 0 Å². The van der Waals surface area contributed by atoms with Crippen molar-refractivity contribution in [1.82, 2.24) is 10.2 Å². The minimum Gasteiger partial charge on any atom is -0.478 e. The van der Waals surface area contributed by atoms with E-state index in [-0.39, 0.29) is 5.91 Å². The Morgan fingerprint density at radius 1 is 1.40 bits per heavy atom. The first-order valence-electron chi connectivity index (χ1n) is 6.95. The molecule has 0 fully saturated rings. The zero-order chi connectivity index (χ0) is 14.5. The van der Waals surface area contributed by atoms with E-state index in [1.54, 1.807) is 12.1 Å². The number of nitrogens with one attached hydrogen (secondary N) is 1. The molecule has 5 heteroatoms. The van der Waals surface area contributed by atoms with Crippen molar-refractivity contribution in [2.45, 2.75) is 26.3 Å². The second-order valence-electron chi connectivity index (χ2n) is 4.98. The van der Waals surface area contributed by atoms with Gasteiger partial charge >= 0.3 is 5.97 Å². The van der Waals surface area contributed by atoms with Gasteiger partial charge in [-0.2, -0.15) is 0 Å². The van der Waals surface area contributed by atoms with Crippen molar-refractivity contribution >= 4 is 11.9 Å². The molecule has 1 heterocycles. The number of carbonyl (C=O) groups excluding carboxylic acids is 1. The van der Waals surface area contributed by atoms with Crippen molar-refractivity contribution in [3.05, 3.63) is 34.9 Å². The van der Waals surface area contributed by atoms with E-state index < -0.39 is 5.97 Å². The molecule has 1 aliphatic rings. The molecule has 0 aromatic heterocycles. The van der Waals surface area contributed by atoms with Crippen LogP contribution in [0.4, 0.5) is 0 Å². The van der Waals surface area contributed by atoms with Crippen LogP contribution in [0.1, 0.15) is 34.8 Å². The van der Waals surface area contributed by atoms with Crippen LogP contribution in [0.3, 0.4) is 0 Å². The first kappa shape index (κ1) is 14.5. The van der Waals surface area contributed by atoms with Crippen LogP contribution in [0.15, 0.2) is 18.2 Å². The Morgan fingerprint density at radius 2 is 2.20 bits per heavy atom. The molecule has 0 saturated heterocycles. The van der Waals surface area contributed by atoms with Crippen molar-refractivity contribution in [3.63, 3.8) is 0 Å². The third kappa shape index (κ3) is 3.36. The zero-order valence-electron chi connectivity index (χ0n) is 11.7. The summed E-state index contributed by atoms with van der Waals surface area (Å²) in [6, 6.07) is 5.42. The Hall–Kier alpha value is -1.88. The Balaban J connectivity index is 1.99. The predicted octanol–water partition coefficient (Wildman–Crippen LogP) is 1.27. The molecule has 108 valence electrons. The number of carboxylic acid groups (broad SMARTS) is 1. The van der Waals surface area contributed by atoms with E-state index in [1.807, 2.05) is 13.0 Å². The molecule has 20 heavy (non-hydrogen) atoms. The standard InChI is InChI=1S/C15H20N2O3/c1-2-16-14(18)7-9-17-8-6-12-11(10-17)4-3-5-13(12)15(19)20/h3-5H,2,6-10H2,1H3,(H,16,18)(H,19,20). The lowest BCUT2D eigenvalue weighted by Gasteiger charge is -2.29. The van der Waals surface area contributed by atoms with E-state index in [4.69, 9.17) is 0 Å². The third-order valence-electron chi connectivity index (χ3n) is 3.60. The minimum absolute atomic E-state index is 0.0672. The highest BCUT2D eigenvalue weighted by Gasteiger charge is 2.21. The Morgan fingerprint density at radius 3 is 2.90 bits per heavy atom. The van der Waals surface area contributed by atoms with Crippen molar-refractivity contribution in [1.29, 1.82) is 0 Å². The molecule has 0 bridgehead atoms. The molecule has 1 amide bonds. The van der Waals surface area contributed by atoms with Gasteiger partial charge in [0, 0.05) is 32.6 Å². The summed E-state index contributed by atoms with van der Waals surface area (Å²) in [6.45, 7) is 4.79. The van der Waals surface area contributed by atoms with E-state index in [1.165, 1.54) is 0 Å². The maximum absolute atomic E-state index is 11.5. The van der Waals surface area contributed by atoms with Crippen molar-refractivity contribution < 1.29 is 14.7 Å². The highest BCUT2D eigenvalue weighted by Crippen LogP contribution is 2.22. The summed E-state index contributed by atoms with van der Waals surface area (Å²) in [5.74, 6) is -0.796. The summed E-state index contributed by atoms with van der Waals surface area (Å²) < 4.78 is 0. The predicted molar refractivity (Wildman–Crippen MR) is 75.7 cm³/mol. The average molecular weight is 276 g/mol. The molecule has 5 nitrogen and oxygen atoms in total. The fourth-order valence-corrected chi connectivity index (χ4v) is 2.60. The maximum atomic E-state index is 11.5. The molecule has 2 rings (SSSR count). The van der Waals surface area contributed by atoms with Gasteiger partial charge in [0.05, 0.1) is 5.56 Å². The largest absolute Gasteiger partial charge is 0.478 e. The van der Waals surface area contributed by atoms with E-state index in [0.29, 0.717) is 25.1 Å². The van der Waals surface area contributed by atoms with Crippen molar-refractivity contribution in [2.24, 2.45) is 0 Å². The number of rotatable bonds is 5. The van der Waals surface area contributed by atoms with Crippen LogP contribution in [-0.4, -0.2) is 41.5 Å². The number of fused-ring (bicyclic) bond motifs is 1. The lowest BCUT2D eigenvalue weighted by Crippen LogP contribution is -2.35. The molecule has 1 aromatic rings. The normalized spacial score (nSPS) is 14.7. The first-order chi connectivity index (χ1) is 9.61. The minimum atomic E-state index is -0.863. The molecule has 1 aliphatic heterocycles. The fraction of sp³-hybridized carbons (Fsp3) is 0.467. The summed E-state index contributed by atoms with van der Waals surface area (Å²) in [4.78, 5) is 24.8. The van der Waals surface area contributed by atoms with Gasteiger partial charge < -0.3 is 10.4 Å². The summed E-state index contributed by atoms with van der Waals surface area (Å²) in [7, 11) is 0. The van der Waals surface area contributed by atoms with Gasteiger partial charge in [-0.25, -0.2) is 4.79 Å². The molecule has 0 atom stereocenters. The Kier molecular flexibility index (Phi) is 4.74. The van der Waals surface area contributed by atoms with E-state index in [0.717, 1.165) is 30.6 Å². The van der Waals surface area contributed by atoms with Crippen molar-refractivity contribution in [3.8, 4) is 0 Å². The molecule has 0 unspecified atom stereocenters. The second kappa shape index (κ2) is 6.52. The average Bonchev–Trinajstić information content (AvgIpc) is 2.44. The van der Waals surface area contributed by atoms with E-state index in [2.05, 4.69) is 10.2 Å². The lowest BCUT2D eigenvalue weighted by atomic mass is 9.94. The smallest absolute Gasteiger partial charge is 0.335 e. The number of benzene rings is 1. The van der Waals surface area contributed by atoms with Crippen molar-refractivity contribution in [2.75, 3.05) is 19.6 Å². The number of amides is 1. The summed E-state index contributed by atoms with van der Waals surface area (Å²) >= 11 is 0. The van der Waals surface area contributed by atoms with Gasteiger partial charge in [0.2, 0.25) is 5.91 Å². The molecule has 0 saturated carbocycles. The second-order valence-corrected chi connectivity index (χ2v) is 4.98. The Bertz CT molecular complexity index is 514. The van der Waals surface area contributed by atoms with Crippen LogP contribution in [0, 0.1) is 0 Å². The number of aromatic carboxylic acids is 1. The third-order valence-corrected chi connectivity index (χ3v) is 3.60. The molecule has 1 aromatic carbocycles. The quantitative estimate of drug-likeness (QED) is 0.849. The Labute approximate surface area is 118 Å². The summed E-state index contributed by atoms with van der Waals surface area (Å²) in [6.07, 6.45) is 1.22. The number of nitrogens with zero attached hydrogens (tertiary/aromatic N) is 1. The van der Waals surface area contributed by atoms with Crippen LogP contribution < -0.4 is 5.32 Å². The molecular formula is C15H20N2O3. The maximum Gasteiger partial charge on any atom is 0.335 e. The highest BCUT2D eigenvalue weighted by atomic mass is 16.4. The number of hydrogen-bond acceptors (Lipinski definition) is 3. The molecular weight excluding hydrogens is 256 g/mol. The van der Waals surface area contributed by atoms with Crippen LogP contribution >= 0.6 is 0 Å². The van der Waals surface area contributed by atoms with E-state index >= 15 is 0 Å². The number of carboxylic acids is 1. The monoisotopic (exact) mass is 276 g/mol. The molecule has 0 radical (unpaired) electrons. The first-order valence-corrected chi connectivity index (χ1v) is 6.95. The fourth-order valence-electron chi connectivity index (χ4n) is 2.60. The van der Waals surface area contributed by atoms with Crippen LogP contribution in [0.25, 0.3) is 0 Å². The molecule has 0 spiro atoms. The van der Waals surface area contributed by atoms with E-state index in [9.17, 15) is 14.7 Å². The topological polar surface area (TPSA) is 69.6 Å². The van der Waals surface area contributed by atoms with Crippen LogP contribution in [-0.2, 0) is 17.8 Å².